The molecule has 21 heavy (non-hydrogen) atoms. The highest BCUT2D eigenvalue weighted by molar-refractivity contribution is 7.89. The van der Waals surface area contributed by atoms with E-state index < -0.39 is 10.0 Å². The molecule has 1 saturated heterocycles. The zero-order valence-electron chi connectivity index (χ0n) is 12.0. The minimum absolute atomic E-state index is 0.0881. The molecular weight excluding hydrogens is 294 g/mol. The van der Waals surface area contributed by atoms with Gasteiger partial charge in [0.05, 0.1) is 6.10 Å². The number of likely N-dealkylation sites (tertiary alicyclic amines) is 1. The quantitative estimate of drug-likeness (QED) is 0.789. The van der Waals surface area contributed by atoms with Gasteiger partial charge < -0.3 is 14.6 Å². The summed E-state index contributed by atoms with van der Waals surface area (Å²) >= 11 is 0. The number of hydrogen-bond donors (Lipinski definition) is 2. The van der Waals surface area contributed by atoms with Gasteiger partial charge in [0.1, 0.15) is 10.6 Å². The molecule has 3 rings (SSSR count). The molecule has 8 heteroatoms. The SMILES string of the molecule is CNS(=O)(=O)c1cc(C(=O)N2CC3(CC(O)C3)C2)n(C)c1. The van der Waals surface area contributed by atoms with Crippen molar-refractivity contribution in [1.29, 1.82) is 0 Å². The number of aliphatic hydroxyl groups is 1. The van der Waals surface area contributed by atoms with Crippen molar-refractivity contribution >= 4 is 15.9 Å². The number of amides is 1. The van der Waals surface area contributed by atoms with Gasteiger partial charge in [-0.3, -0.25) is 4.79 Å². The Labute approximate surface area is 123 Å². The van der Waals surface area contributed by atoms with E-state index in [4.69, 9.17) is 0 Å². The summed E-state index contributed by atoms with van der Waals surface area (Å²) in [4.78, 5) is 14.2. The van der Waals surface area contributed by atoms with Crippen molar-refractivity contribution in [3.05, 3.63) is 18.0 Å². The lowest BCUT2D eigenvalue weighted by molar-refractivity contribution is -0.113. The van der Waals surface area contributed by atoms with Crippen molar-refractivity contribution in [2.24, 2.45) is 12.5 Å². The van der Waals surface area contributed by atoms with Crippen molar-refractivity contribution in [3.63, 3.8) is 0 Å². The highest BCUT2D eigenvalue weighted by atomic mass is 32.2. The summed E-state index contributed by atoms with van der Waals surface area (Å²) in [5.74, 6) is -0.165. The monoisotopic (exact) mass is 313 g/mol. The number of nitrogens with one attached hydrogen (secondary N) is 1. The Balaban J connectivity index is 1.75. The van der Waals surface area contributed by atoms with Crippen molar-refractivity contribution in [1.82, 2.24) is 14.2 Å². The van der Waals surface area contributed by atoms with E-state index in [1.165, 1.54) is 23.9 Å². The predicted molar refractivity (Wildman–Crippen MR) is 75.2 cm³/mol. The summed E-state index contributed by atoms with van der Waals surface area (Å²) in [5.41, 5.74) is 0.457. The molecule has 1 amide bonds. The third-order valence-electron chi connectivity index (χ3n) is 4.46. The van der Waals surface area contributed by atoms with Gasteiger partial charge in [-0.25, -0.2) is 13.1 Å². The normalized spacial score (nSPS) is 21.2. The summed E-state index contributed by atoms with van der Waals surface area (Å²) in [6.45, 7) is 1.28. The average Bonchev–Trinajstić information content (AvgIpc) is 2.74. The molecule has 2 N–H and O–H groups in total. The molecule has 2 heterocycles. The molecular formula is C13H19N3O4S. The predicted octanol–water partition coefficient (Wildman–Crippen LogP) is -0.470. The molecule has 0 radical (unpaired) electrons. The first-order valence-electron chi connectivity index (χ1n) is 6.84. The Morgan fingerprint density at radius 3 is 2.57 bits per heavy atom. The van der Waals surface area contributed by atoms with Crippen molar-refractivity contribution < 1.29 is 18.3 Å². The largest absolute Gasteiger partial charge is 0.393 e. The number of aromatic nitrogens is 1. The second-order valence-corrected chi connectivity index (χ2v) is 7.99. The standard InChI is InChI=1S/C13H19N3O4S/c1-14-21(19,20)10-3-11(15(2)6-10)12(18)16-7-13(8-16)4-9(17)5-13/h3,6,9,14,17H,4-5,7-8H2,1-2H3. The maximum Gasteiger partial charge on any atom is 0.270 e. The number of rotatable bonds is 3. The van der Waals surface area contributed by atoms with Crippen LogP contribution in [0.2, 0.25) is 0 Å². The molecule has 2 aliphatic rings. The Hall–Kier alpha value is -1.38. The lowest BCUT2D eigenvalue weighted by Crippen LogP contribution is -2.65. The number of carbonyl (C=O) groups is 1. The van der Waals surface area contributed by atoms with Crippen molar-refractivity contribution in [3.8, 4) is 0 Å². The summed E-state index contributed by atoms with van der Waals surface area (Å²) in [7, 11) is -0.551. The van der Waals surface area contributed by atoms with E-state index in [1.807, 2.05) is 0 Å². The smallest absolute Gasteiger partial charge is 0.270 e. The average molecular weight is 313 g/mol. The molecule has 1 aromatic rings. The highest BCUT2D eigenvalue weighted by Gasteiger charge is 2.53. The zero-order valence-corrected chi connectivity index (χ0v) is 12.9. The van der Waals surface area contributed by atoms with E-state index in [9.17, 15) is 18.3 Å². The van der Waals surface area contributed by atoms with Crippen LogP contribution in [0.1, 0.15) is 23.3 Å². The first-order valence-corrected chi connectivity index (χ1v) is 8.32. The lowest BCUT2D eigenvalue weighted by Gasteiger charge is -2.57. The number of hydrogen-bond acceptors (Lipinski definition) is 4. The molecule has 0 bridgehead atoms. The van der Waals surface area contributed by atoms with Gasteiger partial charge in [0.15, 0.2) is 0 Å². The Morgan fingerprint density at radius 2 is 2.05 bits per heavy atom. The molecule has 7 nitrogen and oxygen atoms in total. The van der Waals surface area contributed by atoms with Gasteiger partial charge in [-0.2, -0.15) is 0 Å². The topological polar surface area (TPSA) is 91.6 Å². The van der Waals surface area contributed by atoms with Crippen LogP contribution < -0.4 is 4.72 Å². The molecule has 1 aromatic heterocycles. The number of carbonyl (C=O) groups excluding carboxylic acids is 1. The van der Waals surface area contributed by atoms with Gasteiger partial charge >= 0.3 is 0 Å². The molecule has 0 atom stereocenters. The molecule has 1 saturated carbocycles. The van der Waals surface area contributed by atoms with E-state index in [2.05, 4.69) is 4.72 Å². The Bertz CT molecular complexity index is 680. The number of sulfonamides is 1. The first-order chi connectivity index (χ1) is 9.76. The Kier molecular flexibility index (Phi) is 3.16. The van der Waals surface area contributed by atoms with Gasteiger partial charge in [0.2, 0.25) is 10.0 Å². The fourth-order valence-electron chi connectivity index (χ4n) is 3.28. The van der Waals surface area contributed by atoms with E-state index in [0.29, 0.717) is 18.8 Å². The summed E-state index contributed by atoms with van der Waals surface area (Å²) in [5, 5.41) is 9.37. The second-order valence-electron chi connectivity index (χ2n) is 6.10. The van der Waals surface area contributed by atoms with Crippen LogP contribution >= 0.6 is 0 Å². The summed E-state index contributed by atoms with van der Waals surface area (Å²) in [6, 6.07) is 1.40. The first kappa shape index (κ1) is 14.6. The maximum absolute atomic E-state index is 12.4. The van der Waals surface area contributed by atoms with E-state index in [0.717, 1.165) is 12.8 Å². The molecule has 1 aliphatic heterocycles. The van der Waals surface area contributed by atoms with E-state index in [1.54, 1.807) is 11.9 Å². The number of aliphatic hydroxyl groups excluding tert-OH is 1. The molecule has 2 fully saturated rings. The van der Waals surface area contributed by atoms with Crippen molar-refractivity contribution in [2.75, 3.05) is 20.1 Å². The van der Waals surface area contributed by atoms with Crippen LogP contribution in [-0.4, -0.2) is 55.1 Å². The second kappa shape index (κ2) is 4.56. The lowest BCUT2D eigenvalue weighted by atomic mass is 9.62. The third kappa shape index (κ3) is 2.27. The molecule has 1 spiro atoms. The fourth-order valence-corrected chi connectivity index (χ4v) is 4.08. The van der Waals surface area contributed by atoms with Gasteiger partial charge in [-0.15, -0.1) is 0 Å². The van der Waals surface area contributed by atoms with Crippen LogP contribution in [0.5, 0.6) is 0 Å². The third-order valence-corrected chi connectivity index (χ3v) is 5.84. The molecule has 1 aliphatic carbocycles. The van der Waals surface area contributed by atoms with Gasteiger partial charge in [0.25, 0.3) is 5.91 Å². The summed E-state index contributed by atoms with van der Waals surface area (Å²) in [6.07, 6.45) is 2.71. The van der Waals surface area contributed by atoms with Gasteiger partial charge in [0, 0.05) is 31.7 Å². The zero-order chi connectivity index (χ0) is 15.4. The number of aryl methyl sites for hydroxylation is 1. The Morgan fingerprint density at radius 1 is 1.43 bits per heavy atom. The van der Waals surface area contributed by atoms with Gasteiger partial charge in [-0.1, -0.05) is 0 Å². The van der Waals surface area contributed by atoms with Crippen LogP contribution in [0.3, 0.4) is 0 Å². The van der Waals surface area contributed by atoms with Crippen LogP contribution in [0, 0.1) is 5.41 Å². The van der Waals surface area contributed by atoms with Crippen LogP contribution in [0.25, 0.3) is 0 Å². The van der Waals surface area contributed by atoms with Crippen LogP contribution in [-0.2, 0) is 17.1 Å². The maximum atomic E-state index is 12.4. The van der Waals surface area contributed by atoms with E-state index in [-0.39, 0.29) is 22.3 Å². The minimum atomic E-state index is -3.55. The molecule has 116 valence electrons. The van der Waals surface area contributed by atoms with Crippen molar-refractivity contribution in [2.45, 2.75) is 23.8 Å². The fraction of sp³-hybridized carbons (Fsp3) is 0.615. The van der Waals surface area contributed by atoms with Crippen LogP contribution in [0.4, 0.5) is 0 Å². The number of nitrogens with zero attached hydrogens (tertiary/aromatic N) is 2. The van der Waals surface area contributed by atoms with E-state index >= 15 is 0 Å². The molecule has 0 unspecified atom stereocenters. The van der Waals surface area contributed by atoms with Gasteiger partial charge in [-0.05, 0) is 26.0 Å². The molecule has 0 aromatic carbocycles. The summed E-state index contributed by atoms with van der Waals surface area (Å²) < 4.78 is 27.3. The minimum Gasteiger partial charge on any atom is -0.393 e. The van der Waals surface area contributed by atoms with Crippen LogP contribution in [0.15, 0.2) is 17.2 Å². The highest BCUT2D eigenvalue weighted by Crippen LogP contribution is 2.48.